The van der Waals surface area contributed by atoms with Crippen LogP contribution < -0.4 is 5.73 Å². The van der Waals surface area contributed by atoms with E-state index in [-0.39, 0.29) is 5.75 Å². The van der Waals surface area contributed by atoms with E-state index in [0.717, 1.165) is 27.9 Å². The molecule has 0 bridgehead atoms. The molecule has 0 radical (unpaired) electrons. The quantitative estimate of drug-likeness (QED) is 0.611. The molecule has 0 unspecified atom stereocenters. The number of aromatic hydroxyl groups is 1. The molecular formula is C13H14N4O. The number of hydrogen-bond donors (Lipinski definition) is 3. The number of rotatable bonds is 1. The summed E-state index contributed by atoms with van der Waals surface area (Å²) in [5.41, 5.74) is 9.33. The second-order valence-corrected chi connectivity index (χ2v) is 4.40. The van der Waals surface area contributed by atoms with Gasteiger partial charge in [-0.25, -0.2) is 0 Å². The Balaban J connectivity index is 2.38. The first-order chi connectivity index (χ1) is 8.58. The molecular weight excluding hydrogens is 228 g/mol. The number of phenols is 1. The molecule has 0 aliphatic heterocycles. The summed E-state index contributed by atoms with van der Waals surface area (Å²) in [5, 5.41) is 15.2. The molecule has 92 valence electrons. The number of H-pyrrole nitrogens is 1. The zero-order chi connectivity index (χ0) is 12.9. The van der Waals surface area contributed by atoms with Crippen LogP contribution in [0.5, 0.6) is 5.75 Å². The number of phenolic OH excluding ortho intramolecular Hbond substituents is 1. The average Bonchev–Trinajstić information content (AvgIpc) is 2.80. The normalized spacial score (nSPS) is 11.2. The lowest BCUT2D eigenvalue weighted by Crippen LogP contribution is -1.96. The molecule has 0 amide bonds. The van der Waals surface area contributed by atoms with Gasteiger partial charge in [0.05, 0.1) is 16.6 Å². The molecule has 2 heterocycles. The zero-order valence-corrected chi connectivity index (χ0v) is 10.2. The number of hydrogen-bond acceptors (Lipinski definition) is 3. The first kappa shape index (κ1) is 10.7. The maximum Gasteiger partial charge on any atom is 0.125 e. The Labute approximate surface area is 104 Å². The number of anilines is 1. The summed E-state index contributed by atoms with van der Waals surface area (Å²) in [6.07, 6.45) is 0. The summed E-state index contributed by atoms with van der Waals surface area (Å²) < 4.78 is 1.62. The molecule has 5 heteroatoms. The monoisotopic (exact) mass is 242 g/mol. The van der Waals surface area contributed by atoms with Crippen molar-refractivity contribution in [2.24, 2.45) is 7.05 Å². The van der Waals surface area contributed by atoms with E-state index in [4.69, 9.17) is 5.73 Å². The number of aromatic amines is 1. The smallest absolute Gasteiger partial charge is 0.125 e. The number of nitrogens with zero attached hydrogens (tertiary/aromatic N) is 2. The minimum Gasteiger partial charge on any atom is -0.507 e. The van der Waals surface area contributed by atoms with Gasteiger partial charge in [-0.05, 0) is 19.1 Å². The Morgan fingerprint density at radius 1 is 1.39 bits per heavy atom. The third kappa shape index (κ3) is 1.37. The van der Waals surface area contributed by atoms with Gasteiger partial charge in [0.25, 0.3) is 0 Å². The Bertz CT molecular complexity index is 719. The van der Waals surface area contributed by atoms with Crippen molar-refractivity contribution in [3.8, 4) is 17.0 Å². The predicted octanol–water partition coefficient (Wildman–Crippen LogP) is 2.16. The Morgan fingerprint density at radius 3 is 2.83 bits per heavy atom. The highest BCUT2D eigenvalue weighted by Crippen LogP contribution is 2.37. The van der Waals surface area contributed by atoms with Crippen molar-refractivity contribution in [3.05, 3.63) is 30.0 Å². The van der Waals surface area contributed by atoms with Gasteiger partial charge in [-0.3, -0.25) is 4.68 Å². The lowest BCUT2D eigenvalue weighted by Gasteiger charge is -1.99. The summed E-state index contributed by atoms with van der Waals surface area (Å²) in [6.45, 7) is 1.96. The third-order valence-electron chi connectivity index (χ3n) is 3.16. The van der Waals surface area contributed by atoms with E-state index in [2.05, 4.69) is 10.1 Å². The highest BCUT2D eigenvalue weighted by molar-refractivity contribution is 6.00. The van der Waals surface area contributed by atoms with Crippen LogP contribution >= 0.6 is 0 Å². The number of aromatic nitrogens is 3. The maximum atomic E-state index is 10.0. The molecule has 0 spiro atoms. The summed E-state index contributed by atoms with van der Waals surface area (Å²) in [4.78, 5) is 3.25. The molecule has 3 rings (SSSR count). The summed E-state index contributed by atoms with van der Waals surface area (Å²) in [5.74, 6) is 0.838. The minimum absolute atomic E-state index is 0.246. The van der Waals surface area contributed by atoms with Crippen molar-refractivity contribution < 1.29 is 5.11 Å². The zero-order valence-electron chi connectivity index (χ0n) is 10.2. The van der Waals surface area contributed by atoms with Gasteiger partial charge in [0.15, 0.2) is 0 Å². The Morgan fingerprint density at radius 2 is 2.17 bits per heavy atom. The molecule has 1 aromatic carbocycles. The largest absolute Gasteiger partial charge is 0.507 e. The first-order valence-electron chi connectivity index (χ1n) is 5.68. The van der Waals surface area contributed by atoms with E-state index in [1.807, 2.05) is 25.1 Å². The SMILES string of the molecule is Cc1[nH]c2cccc(O)c2c1-c1cc(N)n(C)n1. The van der Waals surface area contributed by atoms with Gasteiger partial charge in [0.2, 0.25) is 0 Å². The van der Waals surface area contributed by atoms with Crippen LogP contribution in [0.4, 0.5) is 5.82 Å². The Hall–Kier alpha value is -2.43. The minimum atomic E-state index is 0.246. The van der Waals surface area contributed by atoms with E-state index in [1.54, 1.807) is 17.8 Å². The fraction of sp³-hybridized carbons (Fsp3) is 0.154. The number of aryl methyl sites for hydroxylation is 2. The van der Waals surface area contributed by atoms with Gasteiger partial charge in [-0.2, -0.15) is 5.10 Å². The van der Waals surface area contributed by atoms with Gasteiger partial charge in [-0.15, -0.1) is 0 Å². The third-order valence-corrected chi connectivity index (χ3v) is 3.16. The number of nitrogens with two attached hydrogens (primary N) is 1. The highest BCUT2D eigenvalue weighted by atomic mass is 16.3. The molecule has 0 atom stereocenters. The molecule has 0 saturated heterocycles. The van der Waals surface area contributed by atoms with Crippen LogP contribution in [-0.2, 0) is 7.05 Å². The second-order valence-electron chi connectivity index (χ2n) is 4.40. The topological polar surface area (TPSA) is 79.9 Å². The van der Waals surface area contributed by atoms with E-state index in [1.165, 1.54) is 0 Å². The highest BCUT2D eigenvalue weighted by Gasteiger charge is 2.16. The lowest BCUT2D eigenvalue weighted by molar-refractivity contribution is 0.482. The van der Waals surface area contributed by atoms with E-state index in [9.17, 15) is 5.11 Å². The predicted molar refractivity (Wildman–Crippen MR) is 71.3 cm³/mol. The standard InChI is InChI=1S/C13H14N4O/c1-7-12(9-6-11(14)17(2)16-9)13-8(15-7)4-3-5-10(13)18/h3-6,15,18H,14H2,1-2H3. The molecule has 2 aromatic heterocycles. The van der Waals surface area contributed by atoms with E-state index < -0.39 is 0 Å². The Kier molecular flexibility index (Phi) is 2.10. The number of fused-ring (bicyclic) bond motifs is 1. The van der Waals surface area contributed by atoms with Gasteiger partial charge in [0.1, 0.15) is 11.6 Å². The molecule has 5 nitrogen and oxygen atoms in total. The molecule has 0 aliphatic rings. The van der Waals surface area contributed by atoms with Crippen LogP contribution in [0.25, 0.3) is 22.2 Å². The van der Waals surface area contributed by atoms with Crippen molar-refractivity contribution in [1.82, 2.24) is 14.8 Å². The summed E-state index contributed by atoms with van der Waals surface area (Å²) in [6, 6.07) is 7.22. The van der Waals surface area contributed by atoms with Crippen LogP contribution in [0, 0.1) is 6.92 Å². The molecule has 3 aromatic rings. The van der Waals surface area contributed by atoms with Crippen LogP contribution in [0.15, 0.2) is 24.3 Å². The second kappa shape index (κ2) is 3.53. The average molecular weight is 242 g/mol. The molecule has 18 heavy (non-hydrogen) atoms. The number of nitrogen functional groups attached to an aromatic ring is 1. The first-order valence-corrected chi connectivity index (χ1v) is 5.68. The van der Waals surface area contributed by atoms with E-state index in [0.29, 0.717) is 5.82 Å². The van der Waals surface area contributed by atoms with Crippen molar-refractivity contribution in [2.75, 3.05) is 5.73 Å². The van der Waals surface area contributed by atoms with Crippen molar-refractivity contribution in [2.45, 2.75) is 6.92 Å². The lowest BCUT2D eigenvalue weighted by atomic mass is 10.1. The number of benzene rings is 1. The van der Waals surface area contributed by atoms with Gasteiger partial charge in [-0.1, -0.05) is 6.07 Å². The van der Waals surface area contributed by atoms with Crippen molar-refractivity contribution >= 4 is 16.7 Å². The number of nitrogens with one attached hydrogen (secondary N) is 1. The van der Waals surface area contributed by atoms with Crippen LogP contribution in [0.1, 0.15) is 5.69 Å². The molecule has 0 aliphatic carbocycles. The van der Waals surface area contributed by atoms with E-state index >= 15 is 0 Å². The van der Waals surface area contributed by atoms with Crippen molar-refractivity contribution in [1.29, 1.82) is 0 Å². The van der Waals surface area contributed by atoms with Crippen LogP contribution in [-0.4, -0.2) is 19.9 Å². The summed E-state index contributed by atoms with van der Waals surface area (Å²) >= 11 is 0. The van der Waals surface area contributed by atoms with Crippen LogP contribution in [0.2, 0.25) is 0 Å². The van der Waals surface area contributed by atoms with Crippen LogP contribution in [0.3, 0.4) is 0 Å². The van der Waals surface area contributed by atoms with Crippen molar-refractivity contribution in [3.63, 3.8) is 0 Å². The fourth-order valence-electron chi connectivity index (χ4n) is 2.28. The molecule has 4 N–H and O–H groups in total. The summed E-state index contributed by atoms with van der Waals surface area (Å²) in [7, 11) is 1.79. The molecule has 0 saturated carbocycles. The van der Waals surface area contributed by atoms with Gasteiger partial charge >= 0.3 is 0 Å². The maximum absolute atomic E-state index is 10.0. The fourth-order valence-corrected chi connectivity index (χ4v) is 2.28. The van der Waals surface area contributed by atoms with Gasteiger partial charge < -0.3 is 15.8 Å². The molecule has 0 fully saturated rings. The van der Waals surface area contributed by atoms with Gasteiger partial charge in [0, 0.05) is 24.4 Å².